The molecule has 0 saturated heterocycles. The van der Waals surface area contributed by atoms with E-state index >= 15 is 0 Å². The van der Waals surface area contributed by atoms with Crippen molar-refractivity contribution in [3.63, 3.8) is 0 Å². The molecule has 0 bridgehead atoms. The minimum Gasteiger partial charge on any atom is -0.392 e. The van der Waals surface area contributed by atoms with E-state index in [0.717, 1.165) is 44.9 Å². The van der Waals surface area contributed by atoms with E-state index in [9.17, 15) is 9.90 Å². The molecule has 1 aromatic rings. The van der Waals surface area contributed by atoms with Crippen LogP contribution in [0.3, 0.4) is 0 Å². The Morgan fingerprint density at radius 3 is 2.76 bits per heavy atom. The molecule has 1 aromatic carbocycles. The maximum Gasteiger partial charge on any atom is 0.222 e. The van der Waals surface area contributed by atoms with Crippen LogP contribution in [0.4, 0.5) is 0 Å². The van der Waals surface area contributed by atoms with Gasteiger partial charge in [-0.3, -0.25) is 4.79 Å². The minimum absolute atomic E-state index is 0.199. The predicted molar refractivity (Wildman–Crippen MR) is 120 cm³/mol. The van der Waals surface area contributed by atoms with Crippen molar-refractivity contribution < 1.29 is 9.90 Å². The zero-order valence-electron chi connectivity index (χ0n) is 18.3. The number of allylic oxidation sites excluding steroid dienone is 3. The van der Waals surface area contributed by atoms with Gasteiger partial charge in [-0.25, -0.2) is 0 Å². The fourth-order valence-corrected chi connectivity index (χ4v) is 5.03. The van der Waals surface area contributed by atoms with E-state index < -0.39 is 0 Å². The molecule has 2 aliphatic rings. The van der Waals surface area contributed by atoms with Gasteiger partial charge in [-0.05, 0) is 74.8 Å². The number of carbonyl (C=O) groups is 1. The lowest BCUT2D eigenvalue weighted by molar-refractivity contribution is -0.128. The third kappa shape index (κ3) is 5.82. The van der Waals surface area contributed by atoms with Crippen molar-refractivity contribution in [1.82, 2.24) is 4.90 Å². The van der Waals surface area contributed by atoms with E-state index in [0.29, 0.717) is 24.2 Å². The summed E-state index contributed by atoms with van der Waals surface area (Å²) in [6, 6.07) is 8.59. The van der Waals surface area contributed by atoms with Crippen molar-refractivity contribution in [2.75, 3.05) is 14.1 Å². The average molecular weight is 396 g/mol. The Labute approximate surface area is 176 Å². The van der Waals surface area contributed by atoms with Gasteiger partial charge < -0.3 is 10.0 Å². The molecule has 0 spiro atoms. The summed E-state index contributed by atoms with van der Waals surface area (Å²) in [7, 11) is 3.64. The summed E-state index contributed by atoms with van der Waals surface area (Å²) in [5, 5.41) is 10.5. The second-order valence-corrected chi connectivity index (χ2v) is 9.13. The first kappa shape index (κ1) is 21.8. The third-order valence-corrected chi connectivity index (χ3v) is 6.79. The maximum atomic E-state index is 11.7. The van der Waals surface area contributed by atoms with Gasteiger partial charge in [0.15, 0.2) is 0 Å². The van der Waals surface area contributed by atoms with Gasteiger partial charge in [-0.1, -0.05) is 48.1 Å². The molecule has 1 amide bonds. The van der Waals surface area contributed by atoms with Gasteiger partial charge >= 0.3 is 0 Å². The lowest BCUT2D eigenvalue weighted by atomic mass is 9.88. The molecule has 1 fully saturated rings. The highest BCUT2D eigenvalue weighted by atomic mass is 16.3. The molecule has 29 heavy (non-hydrogen) atoms. The molecule has 3 nitrogen and oxygen atoms in total. The quantitative estimate of drug-likeness (QED) is 0.468. The summed E-state index contributed by atoms with van der Waals surface area (Å²) in [6.07, 6.45) is 14.7. The van der Waals surface area contributed by atoms with Crippen LogP contribution in [0.2, 0.25) is 0 Å². The summed E-state index contributed by atoms with van der Waals surface area (Å²) in [4.78, 5) is 13.4. The molecule has 0 radical (unpaired) electrons. The van der Waals surface area contributed by atoms with Gasteiger partial charge in [0.1, 0.15) is 0 Å². The van der Waals surface area contributed by atoms with Crippen LogP contribution < -0.4 is 0 Å². The van der Waals surface area contributed by atoms with E-state index in [4.69, 9.17) is 0 Å². The van der Waals surface area contributed by atoms with Crippen LogP contribution in [0.1, 0.15) is 56.1 Å². The number of aliphatic hydroxyl groups excluding tert-OH is 1. The Bertz CT molecular complexity index is 749. The Morgan fingerprint density at radius 1 is 1.21 bits per heavy atom. The number of benzene rings is 1. The highest BCUT2D eigenvalue weighted by Gasteiger charge is 2.43. The third-order valence-electron chi connectivity index (χ3n) is 6.79. The molecule has 0 aromatic heterocycles. The van der Waals surface area contributed by atoms with Crippen LogP contribution >= 0.6 is 0 Å². The maximum absolute atomic E-state index is 11.7. The summed E-state index contributed by atoms with van der Waals surface area (Å²) in [5.74, 6) is 1.62. The van der Waals surface area contributed by atoms with Gasteiger partial charge in [0.2, 0.25) is 5.91 Å². The van der Waals surface area contributed by atoms with E-state index in [2.05, 4.69) is 49.4 Å². The first-order chi connectivity index (χ1) is 14.0. The zero-order chi connectivity index (χ0) is 20.8. The van der Waals surface area contributed by atoms with E-state index in [1.54, 1.807) is 10.5 Å². The van der Waals surface area contributed by atoms with Gasteiger partial charge in [-0.15, -0.1) is 0 Å². The molecule has 4 atom stereocenters. The van der Waals surface area contributed by atoms with Crippen LogP contribution in [0.15, 0.2) is 48.1 Å². The van der Waals surface area contributed by atoms with Gasteiger partial charge in [0.05, 0.1) is 6.10 Å². The molecule has 1 saturated carbocycles. The lowest BCUT2D eigenvalue weighted by Gasteiger charge is -2.18. The van der Waals surface area contributed by atoms with Crippen molar-refractivity contribution in [3.05, 3.63) is 59.2 Å². The number of aryl methyl sites for hydroxylation is 2. The zero-order valence-corrected chi connectivity index (χ0v) is 18.3. The predicted octanol–water partition coefficient (Wildman–Crippen LogP) is 5.08. The molecule has 1 N–H and O–H groups in total. The van der Waals surface area contributed by atoms with E-state index in [1.165, 1.54) is 11.1 Å². The topological polar surface area (TPSA) is 40.5 Å². The normalized spacial score (nSPS) is 26.0. The van der Waals surface area contributed by atoms with Gasteiger partial charge in [0.25, 0.3) is 0 Å². The number of aliphatic hydroxyl groups is 1. The molecule has 0 heterocycles. The van der Waals surface area contributed by atoms with Crippen LogP contribution in [-0.4, -0.2) is 36.1 Å². The fraction of sp³-hybridized carbons (Fsp3) is 0.577. The number of hydrogen-bond donors (Lipinski definition) is 1. The first-order valence-corrected chi connectivity index (χ1v) is 11.2. The highest BCUT2D eigenvalue weighted by molar-refractivity contribution is 5.75. The molecule has 158 valence electrons. The van der Waals surface area contributed by atoms with Crippen LogP contribution in [0.5, 0.6) is 0 Å². The number of fused-ring (bicyclic) bond motifs is 1. The van der Waals surface area contributed by atoms with Crippen molar-refractivity contribution in [3.8, 4) is 0 Å². The van der Waals surface area contributed by atoms with E-state index in [1.807, 2.05) is 14.1 Å². The molecule has 3 heteroatoms. The van der Waals surface area contributed by atoms with Crippen LogP contribution in [-0.2, 0) is 11.2 Å². The first-order valence-electron chi connectivity index (χ1n) is 11.2. The van der Waals surface area contributed by atoms with Crippen molar-refractivity contribution in [1.29, 1.82) is 0 Å². The largest absolute Gasteiger partial charge is 0.392 e. The monoisotopic (exact) mass is 395 g/mol. The summed E-state index contributed by atoms with van der Waals surface area (Å²) >= 11 is 0. The van der Waals surface area contributed by atoms with Gasteiger partial charge in [0, 0.05) is 26.4 Å². The number of amides is 1. The Kier molecular flexibility index (Phi) is 7.71. The standard InChI is InChI=1S/C26H37NO2/c1-19-10-4-6-12-21(19)13-7-8-14-23-24-17-20(16-22(24)18-25(23)28)11-5-9-15-26(29)27(2)3/h4,6,8,10,12,14,16,22-25,28H,5,7,9,11,13,15,17-18H2,1-3H3/b14-8+/t22-,23+,24-,25+/m0/s1. The summed E-state index contributed by atoms with van der Waals surface area (Å²) < 4.78 is 0. The Morgan fingerprint density at radius 2 is 2.00 bits per heavy atom. The summed E-state index contributed by atoms with van der Waals surface area (Å²) in [5.41, 5.74) is 4.32. The number of nitrogens with zero attached hydrogens (tertiary/aromatic N) is 1. The fourth-order valence-electron chi connectivity index (χ4n) is 5.03. The second-order valence-electron chi connectivity index (χ2n) is 9.13. The van der Waals surface area contributed by atoms with E-state index in [-0.39, 0.29) is 12.0 Å². The number of rotatable bonds is 9. The number of unbranched alkanes of at least 4 members (excludes halogenated alkanes) is 1. The van der Waals surface area contributed by atoms with Gasteiger partial charge in [-0.2, -0.15) is 0 Å². The molecular formula is C26H37NO2. The molecule has 2 aliphatic carbocycles. The smallest absolute Gasteiger partial charge is 0.222 e. The minimum atomic E-state index is -0.199. The second kappa shape index (κ2) is 10.2. The van der Waals surface area contributed by atoms with Crippen LogP contribution in [0.25, 0.3) is 0 Å². The number of hydrogen-bond acceptors (Lipinski definition) is 2. The van der Waals surface area contributed by atoms with Crippen molar-refractivity contribution in [2.24, 2.45) is 17.8 Å². The SMILES string of the molecule is Cc1ccccc1CC/C=C/[C@@H]1[C@H]2CC(CCCCC(=O)N(C)C)=C[C@H]2C[C@H]1O. The molecule has 0 aliphatic heterocycles. The molecule has 3 rings (SSSR count). The highest BCUT2D eigenvalue weighted by Crippen LogP contribution is 2.48. The Hall–Kier alpha value is -1.87. The molecule has 0 unspecified atom stereocenters. The van der Waals surface area contributed by atoms with Crippen molar-refractivity contribution in [2.45, 2.75) is 64.4 Å². The van der Waals surface area contributed by atoms with Crippen molar-refractivity contribution >= 4 is 5.91 Å². The average Bonchev–Trinajstić information content (AvgIpc) is 3.20. The molecular weight excluding hydrogens is 358 g/mol. The lowest BCUT2D eigenvalue weighted by Crippen LogP contribution is -2.21. The number of carbonyl (C=O) groups excluding carboxylic acids is 1. The Balaban J connectivity index is 1.43. The van der Waals surface area contributed by atoms with Crippen LogP contribution in [0, 0.1) is 24.7 Å². The summed E-state index contributed by atoms with van der Waals surface area (Å²) in [6.45, 7) is 2.17.